The van der Waals surface area contributed by atoms with Gasteiger partial charge in [0.05, 0.1) is 12.1 Å². The molecule has 0 unspecified atom stereocenters. The van der Waals surface area contributed by atoms with Crippen LogP contribution in [-0.2, 0) is 16.0 Å². The number of nitrogens with one attached hydrogen (secondary N) is 2. The molecule has 0 spiro atoms. The van der Waals surface area contributed by atoms with Crippen LogP contribution in [0.2, 0.25) is 0 Å². The van der Waals surface area contributed by atoms with Gasteiger partial charge in [0.15, 0.2) is 0 Å². The SMILES string of the molecule is O=C(CCc1ccc(-c2ccccc2F)o1)NCC(=O)NC1CC1. The minimum absolute atomic E-state index is 0.00599. The first-order valence-corrected chi connectivity index (χ1v) is 8.01. The van der Waals surface area contributed by atoms with E-state index < -0.39 is 0 Å². The highest BCUT2D eigenvalue weighted by atomic mass is 19.1. The van der Waals surface area contributed by atoms with Crippen LogP contribution in [0.25, 0.3) is 11.3 Å². The van der Waals surface area contributed by atoms with Gasteiger partial charge in [-0.3, -0.25) is 9.59 Å². The third-order valence-corrected chi connectivity index (χ3v) is 3.79. The first-order chi connectivity index (χ1) is 11.6. The van der Waals surface area contributed by atoms with E-state index in [0.717, 1.165) is 12.8 Å². The molecule has 24 heavy (non-hydrogen) atoms. The summed E-state index contributed by atoms with van der Waals surface area (Å²) in [5.74, 6) is 0.312. The lowest BCUT2D eigenvalue weighted by atomic mass is 10.1. The molecule has 6 heteroatoms. The lowest BCUT2D eigenvalue weighted by molar-refractivity contribution is -0.126. The Bertz CT molecular complexity index is 737. The smallest absolute Gasteiger partial charge is 0.239 e. The van der Waals surface area contributed by atoms with E-state index in [9.17, 15) is 14.0 Å². The zero-order chi connectivity index (χ0) is 16.9. The number of rotatable bonds is 7. The van der Waals surface area contributed by atoms with Crippen LogP contribution < -0.4 is 10.6 Å². The predicted molar refractivity (Wildman–Crippen MR) is 86.6 cm³/mol. The number of benzene rings is 1. The van der Waals surface area contributed by atoms with Crippen molar-refractivity contribution in [1.29, 1.82) is 0 Å². The van der Waals surface area contributed by atoms with Crippen LogP contribution in [-0.4, -0.2) is 24.4 Å². The van der Waals surface area contributed by atoms with E-state index in [1.807, 2.05) is 0 Å². The summed E-state index contributed by atoms with van der Waals surface area (Å²) < 4.78 is 19.3. The first kappa shape index (κ1) is 16.2. The average Bonchev–Trinajstić information content (AvgIpc) is 3.26. The highest BCUT2D eigenvalue weighted by Crippen LogP contribution is 2.25. The van der Waals surface area contributed by atoms with E-state index in [4.69, 9.17) is 4.42 Å². The number of hydrogen-bond acceptors (Lipinski definition) is 3. The van der Waals surface area contributed by atoms with Crippen molar-refractivity contribution in [1.82, 2.24) is 10.6 Å². The van der Waals surface area contributed by atoms with Crippen LogP contribution in [0.4, 0.5) is 4.39 Å². The van der Waals surface area contributed by atoms with Crippen molar-refractivity contribution in [2.75, 3.05) is 6.54 Å². The topological polar surface area (TPSA) is 71.3 Å². The molecule has 2 N–H and O–H groups in total. The molecular weight excluding hydrogens is 311 g/mol. The zero-order valence-corrected chi connectivity index (χ0v) is 13.2. The Morgan fingerprint density at radius 1 is 1.12 bits per heavy atom. The van der Waals surface area contributed by atoms with Crippen LogP contribution in [0.15, 0.2) is 40.8 Å². The second kappa shape index (κ2) is 7.29. The number of amides is 2. The molecule has 1 aromatic carbocycles. The molecule has 1 saturated carbocycles. The summed E-state index contributed by atoms with van der Waals surface area (Å²) in [6.45, 7) is -0.00599. The second-order valence-corrected chi connectivity index (χ2v) is 5.86. The first-order valence-electron chi connectivity index (χ1n) is 8.01. The molecule has 0 bridgehead atoms. The number of aryl methyl sites for hydroxylation is 1. The normalized spacial score (nSPS) is 13.5. The van der Waals surface area contributed by atoms with Gasteiger partial charge in [0.1, 0.15) is 17.3 Å². The highest BCUT2D eigenvalue weighted by Gasteiger charge is 2.23. The van der Waals surface area contributed by atoms with Crippen molar-refractivity contribution in [3.63, 3.8) is 0 Å². The van der Waals surface area contributed by atoms with Gasteiger partial charge in [-0.1, -0.05) is 12.1 Å². The largest absolute Gasteiger partial charge is 0.461 e. The summed E-state index contributed by atoms with van der Waals surface area (Å²) in [5, 5.41) is 5.38. The van der Waals surface area contributed by atoms with Crippen molar-refractivity contribution in [3.8, 4) is 11.3 Å². The van der Waals surface area contributed by atoms with Crippen molar-refractivity contribution in [2.24, 2.45) is 0 Å². The number of carbonyl (C=O) groups excluding carboxylic acids is 2. The number of carbonyl (C=O) groups is 2. The lowest BCUT2D eigenvalue weighted by Gasteiger charge is -2.05. The van der Waals surface area contributed by atoms with Crippen molar-refractivity contribution in [2.45, 2.75) is 31.7 Å². The van der Waals surface area contributed by atoms with Crippen LogP contribution in [0.1, 0.15) is 25.0 Å². The van der Waals surface area contributed by atoms with E-state index in [0.29, 0.717) is 23.5 Å². The molecular formula is C18H19FN2O3. The van der Waals surface area contributed by atoms with E-state index in [2.05, 4.69) is 10.6 Å². The molecule has 1 aliphatic rings. The molecule has 0 saturated heterocycles. The maximum absolute atomic E-state index is 13.7. The molecule has 0 aliphatic heterocycles. The Morgan fingerprint density at radius 2 is 1.92 bits per heavy atom. The zero-order valence-electron chi connectivity index (χ0n) is 13.2. The van der Waals surface area contributed by atoms with Gasteiger partial charge < -0.3 is 15.1 Å². The Kier molecular flexibility index (Phi) is 4.93. The second-order valence-electron chi connectivity index (χ2n) is 5.86. The summed E-state index contributed by atoms with van der Waals surface area (Å²) in [5.41, 5.74) is 0.393. The quantitative estimate of drug-likeness (QED) is 0.819. The van der Waals surface area contributed by atoms with Gasteiger partial charge in [-0.15, -0.1) is 0 Å². The maximum atomic E-state index is 13.7. The van der Waals surface area contributed by atoms with Crippen molar-refractivity contribution >= 4 is 11.8 Å². The van der Waals surface area contributed by atoms with Crippen LogP contribution in [0, 0.1) is 5.82 Å². The van der Waals surface area contributed by atoms with Gasteiger partial charge in [-0.2, -0.15) is 0 Å². The van der Waals surface area contributed by atoms with E-state index in [-0.39, 0.29) is 36.6 Å². The van der Waals surface area contributed by atoms with E-state index >= 15 is 0 Å². The molecule has 0 atom stereocenters. The lowest BCUT2D eigenvalue weighted by Crippen LogP contribution is -2.37. The maximum Gasteiger partial charge on any atom is 0.239 e. The molecule has 1 aliphatic carbocycles. The minimum atomic E-state index is -0.349. The Labute approximate surface area is 139 Å². The molecule has 126 valence electrons. The number of hydrogen-bond donors (Lipinski definition) is 2. The fourth-order valence-corrected chi connectivity index (χ4v) is 2.33. The fourth-order valence-electron chi connectivity index (χ4n) is 2.33. The fraction of sp³-hybridized carbons (Fsp3) is 0.333. The van der Waals surface area contributed by atoms with Gasteiger partial charge in [0.2, 0.25) is 11.8 Å². The molecule has 2 aromatic rings. The summed E-state index contributed by atoms with van der Waals surface area (Å²) in [6, 6.07) is 10.1. The predicted octanol–water partition coefficient (Wildman–Crippen LogP) is 2.41. The summed E-state index contributed by atoms with van der Waals surface area (Å²) in [4.78, 5) is 23.2. The van der Waals surface area contributed by atoms with E-state index in [1.165, 1.54) is 6.07 Å². The summed E-state index contributed by atoms with van der Waals surface area (Å²) in [7, 11) is 0. The molecule has 1 aromatic heterocycles. The molecule has 5 nitrogen and oxygen atoms in total. The van der Waals surface area contributed by atoms with Gasteiger partial charge in [0, 0.05) is 18.9 Å². The van der Waals surface area contributed by atoms with Gasteiger partial charge in [-0.25, -0.2) is 4.39 Å². The minimum Gasteiger partial charge on any atom is -0.461 e. The van der Waals surface area contributed by atoms with Crippen LogP contribution in [0.5, 0.6) is 0 Å². The Balaban J connectivity index is 1.45. The van der Waals surface area contributed by atoms with Gasteiger partial charge >= 0.3 is 0 Å². The highest BCUT2D eigenvalue weighted by molar-refractivity contribution is 5.85. The third kappa shape index (κ3) is 4.44. The Hall–Kier alpha value is -2.63. The molecule has 2 amide bonds. The summed E-state index contributed by atoms with van der Waals surface area (Å²) >= 11 is 0. The number of furan rings is 1. The molecule has 0 radical (unpaired) electrons. The number of halogens is 1. The Morgan fingerprint density at radius 3 is 2.67 bits per heavy atom. The molecule has 1 heterocycles. The van der Waals surface area contributed by atoms with Crippen molar-refractivity contribution in [3.05, 3.63) is 48.0 Å². The molecule has 3 rings (SSSR count). The third-order valence-electron chi connectivity index (χ3n) is 3.79. The van der Waals surface area contributed by atoms with Gasteiger partial charge in [-0.05, 0) is 37.1 Å². The summed E-state index contributed by atoms with van der Waals surface area (Å²) in [6.07, 6.45) is 2.64. The van der Waals surface area contributed by atoms with Crippen molar-refractivity contribution < 1.29 is 18.4 Å². The van der Waals surface area contributed by atoms with Crippen LogP contribution in [0.3, 0.4) is 0 Å². The molecule has 1 fully saturated rings. The van der Waals surface area contributed by atoms with E-state index in [1.54, 1.807) is 30.3 Å². The monoisotopic (exact) mass is 330 g/mol. The van der Waals surface area contributed by atoms with Gasteiger partial charge in [0.25, 0.3) is 0 Å². The standard InChI is InChI=1S/C18H19FN2O3/c19-15-4-2-1-3-14(15)16-9-7-13(24-16)8-10-17(22)20-11-18(23)21-12-5-6-12/h1-4,7,9,12H,5-6,8,10-11H2,(H,20,22)(H,21,23). The van der Waals surface area contributed by atoms with Crippen LogP contribution >= 0.6 is 0 Å². The average molecular weight is 330 g/mol.